The van der Waals surface area contributed by atoms with E-state index in [4.69, 9.17) is 5.84 Å². The Morgan fingerprint density at radius 3 is 2.65 bits per heavy atom. The van der Waals surface area contributed by atoms with E-state index in [0.717, 1.165) is 16.7 Å². The fourth-order valence-electron chi connectivity index (χ4n) is 1.63. The minimum Gasteiger partial charge on any atom is -0.335 e. The fraction of sp³-hybridized carbons (Fsp3) is 0.250. The van der Waals surface area contributed by atoms with Gasteiger partial charge in [-0.2, -0.15) is 13.2 Å². The third-order valence-electron chi connectivity index (χ3n) is 2.63. The molecule has 0 radical (unpaired) electrons. The van der Waals surface area contributed by atoms with E-state index in [9.17, 15) is 18.0 Å². The Kier molecular flexibility index (Phi) is 5.42. The number of nitrogens with two attached hydrogens (primary N) is 1. The summed E-state index contributed by atoms with van der Waals surface area (Å²) in [7, 11) is 0. The number of hydrogen-bond acceptors (Lipinski definition) is 6. The first-order chi connectivity index (χ1) is 10.8. The number of benzene rings is 1. The Bertz CT molecular complexity index is 704. The Morgan fingerprint density at radius 2 is 2.04 bits per heavy atom. The molecule has 0 spiro atoms. The van der Waals surface area contributed by atoms with Gasteiger partial charge in [-0.15, -0.1) is 22.0 Å². The monoisotopic (exact) mass is 363 g/mol. The molecule has 3 N–H and O–H groups in total. The van der Waals surface area contributed by atoms with Gasteiger partial charge in [0.25, 0.3) is 5.82 Å². The molecule has 1 heterocycles. The highest BCUT2D eigenvalue weighted by atomic mass is 32.2. The highest BCUT2D eigenvalue weighted by Crippen LogP contribution is 2.29. The summed E-state index contributed by atoms with van der Waals surface area (Å²) in [5, 5.41) is 8.82. The normalized spacial score (nSPS) is 11.5. The first kappa shape index (κ1) is 17.5. The number of nitrogen functional groups attached to an aromatic ring is 1. The molecule has 0 unspecified atom stereocenters. The van der Waals surface area contributed by atoms with Crippen LogP contribution < -0.4 is 11.2 Å². The van der Waals surface area contributed by atoms with Crippen LogP contribution in [0.25, 0.3) is 0 Å². The maximum absolute atomic E-state index is 12.5. The zero-order chi connectivity index (χ0) is 17.0. The molecule has 2 rings (SSSR count). The molecule has 1 aromatic heterocycles. The van der Waals surface area contributed by atoms with E-state index in [-0.39, 0.29) is 16.8 Å². The lowest BCUT2D eigenvalue weighted by molar-refractivity contribution is -0.146. The Morgan fingerprint density at radius 1 is 1.35 bits per heavy atom. The van der Waals surface area contributed by atoms with Crippen molar-refractivity contribution in [2.45, 2.75) is 16.2 Å². The molecular weight excluding hydrogens is 351 g/mol. The lowest BCUT2D eigenvalue weighted by atomic mass is 10.3. The average Bonchev–Trinajstić information content (AvgIpc) is 2.87. The second-order valence-corrected chi connectivity index (χ2v) is 6.00. The molecule has 6 nitrogen and oxygen atoms in total. The van der Waals surface area contributed by atoms with Crippen molar-refractivity contribution < 1.29 is 18.0 Å². The number of nitrogens with zero attached hydrogens (tertiary/aromatic N) is 3. The Hall–Kier alpha value is -1.88. The number of para-hydroxylation sites is 1. The molecule has 0 saturated carbocycles. The number of carbonyl (C=O) groups is 1. The largest absolute Gasteiger partial charge is 0.453 e. The van der Waals surface area contributed by atoms with E-state index in [1.807, 2.05) is 18.4 Å². The first-order valence-corrected chi connectivity index (χ1v) is 8.37. The van der Waals surface area contributed by atoms with Crippen molar-refractivity contribution in [1.82, 2.24) is 14.9 Å². The number of amides is 1. The molecule has 1 amide bonds. The summed E-state index contributed by atoms with van der Waals surface area (Å²) in [6.07, 6.45) is -2.82. The van der Waals surface area contributed by atoms with Gasteiger partial charge in [0.15, 0.2) is 0 Å². The molecule has 1 aromatic carbocycles. The molecule has 0 aliphatic heterocycles. The fourth-order valence-corrected chi connectivity index (χ4v) is 2.84. The number of aromatic nitrogens is 3. The zero-order valence-electron chi connectivity index (χ0n) is 11.8. The van der Waals surface area contributed by atoms with Crippen LogP contribution in [-0.4, -0.2) is 32.8 Å². The van der Waals surface area contributed by atoms with Gasteiger partial charge in [0.1, 0.15) is 0 Å². The van der Waals surface area contributed by atoms with Crippen LogP contribution in [0.15, 0.2) is 34.3 Å². The lowest BCUT2D eigenvalue weighted by Gasteiger charge is -2.09. The average molecular weight is 363 g/mol. The van der Waals surface area contributed by atoms with Crippen LogP contribution in [-0.2, 0) is 11.0 Å². The van der Waals surface area contributed by atoms with Gasteiger partial charge >= 0.3 is 6.18 Å². The van der Waals surface area contributed by atoms with Crippen molar-refractivity contribution >= 4 is 35.1 Å². The number of nitrogens with one attached hydrogen (secondary N) is 1. The number of halogens is 3. The molecule has 0 aliphatic rings. The number of anilines is 1. The van der Waals surface area contributed by atoms with Gasteiger partial charge in [-0.05, 0) is 18.4 Å². The molecule has 0 atom stereocenters. The van der Waals surface area contributed by atoms with Gasteiger partial charge in [-0.3, -0.25) is 4.79 Å². The van der Waals surface area contributed by atoms with Crippen molar-refractivity contribution in [2.75, 3.05) is 23.2 Å². The van der Waals surface area contributed by atoms with Crippen LogP contribution in [0.3, 0.4) is 0 Å². The van der Waals surface area contributed by atoms with E-state index < -0.39 is 12.0 Å². The molecule has 0 saturated heterocycles. The summed E-state index contributed by atoms with van der Waals surface area (Å²) in [4.78, 5) is 12.8. The number of hydrogen-bond donors (Lipinski definition) is 2. The van der Waals surface area contributed by atoms with E-state index in [2.05, 4.69) is 15.5 Å². The number of alkyl halides is 3. The SMILES string of the molecule is CSc1ccccc1NC(=O)CSc1nnc(C(F)(F)F)n1N. The molecule has 2 aromatic rings. The molecule has 124 valence electrons. The summed E-state index contributed by atoms with van der Waals surface area (Å²) >= 11 is 2.24. The van der Waals surface area contributed by atoms with Gasteiger partial charge in [0.2, 0.25) is 11.1 Å². The second-order valence-electron chi connectivity index (χ2n) is 4.21. The summed E-state index contributed by atoms with van der Waals surface area (Å²) in [5.74, 6) is 3.45. The van der Waals surface area contributed by atoms with Gasteiger partial charge in [-0.1, -0.05) is 23.9 Å². The summed E-state index contributed by atoms with van der Waals surface area (Å²) in [6, 6.07) is 7.20. The Balaban J connectivity index is 1.99. The third-order valence-corrected chi connectivity index (χ3v) is 4.37. The maximum atomic E-state index is 12.5. The highest BCUT2D eigenvalue weighted by Gasteiger charge is 2.38. The second kappa shape index (κ2) is 7.13. The molecule has 0 bridgehead atoms. The summed E-state index contributed by atoms with van der Waals surface area (Å²) in [6.45, 7) is 0. The number of thioether (sulfide) groups is 2. The number of rotatable bonds is 5. The van der Waals surface area contributed by atoms with Crippen molar-refractivity contribution in [1.29, 1.82) is 0 Å². The van der Waals surface area contributed by atoms with Gasteiger partial charge < -0.3 is 11.2 Å². The molecular formula is C12H12F3N5OS2. The third kappa shape index (κ3) is 4.32. The topological polar surface area (TPSA) is 85.8 Å². The van der Waals surface area contributed by atoms with Crippen molar-refractivity contribution in [3.63, 3.8) is 0 Å². The minimum absolute atomic E-state index is 0.143. The lowest BCUT2D eigenvalue weighted by Crippen LogP contribution is -2.22. The quantitative estimate of drug-likeness (QED) is 0.627. The van der Waals surface area contributed by atoms with Gasteiger partial charge in [-0.25, -0.2) is 4.68 Å². The van der Waals surface area contributed by atoms with Crippen LogP contribution >= 0.6 is 23.5 Å². The Labute approximate surface area is 138 Å². The van der Waals surface area contributed by atoms with E-state index in [0.29, 0.717) is 10.4 Å². The van der Waals surface area contributed by atoms with E-state index >= 15 is 0 Å². The zero-order valence-corrected chi connectivity index (χ0v) is 13.4. The number of carbonyl (C=O) groups excluding carboxylic acids is 1. The summed E-state index contributed by atoms with van der Waals surface area (Å²) < 4.78 is 37.9. The maximum Gasteiger partial charge on any atom is 0.453 e. The summed E-state index contributed by atoms with van der Waals surface area (Å²) in [5.41, 5.74) is 0.635. The molecule has 11 heteroatoms. The first-order valence-electron chi connectivity index (χ1n) is 6.16. The molecule has 23 heavy (non-hydrogen) atoms. The van der Waals surface area contributed by atoms with Gasteiger partial charge in [0, 0.05) is 4.90 Å². The highest BCUT2D eigenvalue weighted by molar-refractivity contribution is 7.99. The standard InChI is InChI=1S/C12H12F3N5OS2/c1-22-8-5-3-2-4-7(8)17-9(21)6-23-11-19-18-10(20(11)16)12(13,14)15/h2-5H,6,16H2,1H3,(H,17,21). The minimum atomic E-state index is -4.69. The van der Waals surface area contributed by atoms with E-state index in [1.54, 1.807) is 12.1 Å². The van der Waals surface area contributed by atoms with Crippen LogP contribution in [0.2, 0.25) is 0 Å². The van der Waals surface area contributed by atoms with Gasteiger partial charge in [0.05, 0.1) is 11.4 Å². The van der Waals surface area contributed by atoms with Crippen LogP contribution in [0.4, 0.5) is 18.9 Å². The van der Waals surface area contributed by atoms with Crippen LogP contribution in [0.5, 0.6) is 0 Å². The van der Waals surface area contributed by atoms with E-state index in [1.165, 1.54) is 11.8 Å². The molecule has 0 fully saturated rings. The van der Waals surface area contributed by atoms with Crippen LogP contribution in [0, 0.1) is 0 Å². The smallest absolute Gasteiger partial charge is 0.335 e. The van der Waals surface area contributed by atoms with Crippen molar-refractivity contribution in [2.24, 2.45) is 0 Å². The molecule has 0 aliphatic carbocycles. The predicted octanol–water partition coefficient (Wildman–Crippen LogP) is 2.46. The van der Waals surface area contributed by atoms with Crippen LogP contribution in [0.1, 0.15) is 5.82 Å². The van der Waals surface area contributed by atoms with Crippen molar-refractivity contribution in [3.8, 4) is 0 Å². The predicted molar refractivity (Wildman–Crippen MR) is 82.8 cm³/mol. The van der Waals surface area contributed by atoms with Crippen molar-refractivity contribution in [3.05, 3.63) is 30.1 Å².